The molecule has 2 aromatic carbocycles. The number of nitrogens with one attached hydrogen (secondary N) is 2. The highest BCUT2D eigenvalue weighted by Gasteiger charge is 2.13. The Morgan fingerprint density at radius 3 is 2.60 bits per heavy atom. The molecular formula is C19H22N2O4. The van der Waals surface area contributed by atoms with Gasteiger partial charge >= 0.3 is 6.03 Å². The van der Waals surface area contributed by atoms with Crippen LogP contribution in [0.1, 0.15) is 17.5 Å². The first-order chi connectivity index (χ1) is 12.2. The number of carbonyl (C=O) groups excluding carboxylic acids is 1. The number of aryl methyl sites for hydroxylation is 1. The number of hydrogen-bond donors (Lipinski definition) is 2. The SMILES string of the molecule is COc1ccc(CCCNC(=O)NCc2ccc3c(c2)OCO3)cc1. The molecule has 0 fully saturated rings. The minimum atomic E-state index is -0.174. The average Bonchev–Trinajstić information content (AvgIpc) is 3.12. The molecule has 0 aromatic heterocycles. The molecule has 1 aliphatic rings. The van der Waals surface area contributed by atoms with Crippen LogP contribution < -0.4 is 24.8 Å². The molecule has 3 rings (SSSR count). The number of amides is 2. The summed E-state index contributed by atoms with van der Waals surface area (Å²) in [5.74, 6) is 2.32. The highest BCUT2D eigenvalue weighted by Crippen LogP contribution is 2.32. The van der Waals surface area contributed by atoms with E-state index in [4.69, 9.17) is 14.2 Å². The Balaban J connectivity index is 1.34. The van der Waals surface area contributed by atoms with Gasteiger partial charge in [0.25, 0.3) is 0 Å². The zero-order valence-electron chi connectivity index (χ0n) is 14.2. The van der Waals surface area contributed by atoms with E-state index in [1.54, 1.807) is 7.11 Å². The molecule has 0 radical (unpaired) electrons. The maximum atomic E-state index is 11.9. The number of fused-ring (bicyclic) bond motifs is 1. The molecule has 2 amide bonds. The Morgan fingerprint density at radius 2 is 1.80 bits per heavy atom. The van der Waals surface area contributed by atoms with Gasteiger partial charge < -0.3 is 24.8 Å². The maximum absolute atomic E-state index is 11.9. The van der Waals surface area contributed by atoms with Crippen molar-refractivity contribution in [3.8, 4) is 17.2 Å². The Kier molecular flexibility index (Phi) is 5.61. The number of carbonyl (C=O) groups is 1. The third kappa shape index (κ3) is 4.79. The maximum Gasteiger partial charge on any atom is 0.315 e. The number of urea groups is 1. The molecule has 2 aromatic rings. The molecule has 0 saturated heterocycles. The second-order valence-corrected chi connectivity index (χ2v) is 5.75. The monoisotopic (exact) mass is 342 g/mol. The van der Waals surface area contributed by atoms with Gasteiger partial charge in [0, 0.05) is 13.1 Å². The van der Waals surface area contributed by atoms with Crippen molar-refractivity contribution in [2.75, 3.05) is 20.4 Å². The van der Waals surface area contributed by atoms with E-state index in [1.165, 1.54) is 5.56 Å². The van der Waals surface area contributed by atoms with Gasteiger partial charge in [0.1, 0.15) is 5.75 Å². The number of ether oxygens (including phenoxy) is 3. The largest absolute Gasteiger partial charge is 0.497 e. The Hall–Kier alpha value is -2.89. The van der Waals surface area contributed by atoms with Crippen LogP contribution in [0.3, 0.4) is 0 Å². The van der Waals surface area contributed by atoms with Gasteiger partial charge in [-0.2, -0.15) is 0 Å². The first kappa shape index (κ1) is 17.0. The summed E-state index contributed by atoms with van der Waals surface area (Å²) in [5.41, 5.74) is 2.20. The summed E-state index contributed by atoms with van der Waals surface area (Å²) in [4.78, 5) is 11.9. The van der Waals surface area contributed by atoms with Crippen molar-refractivity contribution < 1.29 is 19.0 Å². The summed E-state index contributed by atoms with van der Waals surface area (Å²) in [6, 6.07) is 13.4. The van der Waals surface area contributed by atoms with Gasteiger partial charge in [0.15, 0.2) is 11.5 Å². The second kappa shape index (κ2) is 8.28. The van der Waals surface area contributed by atoms with Crippen molar-refractivity contribution in [2.24, 2.45) is 0 Å². The first-order valence-corrected chi connectivity index (χ1v) is 8.28. The van der Waals surface area contributed by atoms with E-state index in [1.807, 2.05) is 42.5 Å². The predicted octanol–water partition coefficient (Wildman–Crippen LogP) is 2.86. The van der Waals surface area contributed by atoms with Crippen LogP contribution in [-0.2, 0) is 13.0 Å². The van der Waals surface area contributed by atoms with Crippen LogP contribution in [0.5, 0.6) is 17.2 Å². The highest BCUT2D eigenvalue weighted by atomic mass is 16.7. The van der Waals surface area contributed by atoms with Crippen LogP contribution in [0.4, 0.5) is 4.79 Å². The summed E-state index contributed by atoms with van der Waals surface area (Å²) in [6.45, 7) is 1.32. The normalized spacial score (nSPS) is 11.9. The first-order valence-electron chi connectivity index (χ1n) is 8.28. The van der Waals surface area contributed by atoms with Gasteiger partial charge in [-0.3, -0.25) is 0 Å². The molecule has 25 heavy (non-hydrogen) atoms. The standard InChI is InChI=1S/C19H22N2O4/c1-23-16-7-4-14(5-8-16)3-2-10-20-19(22)21-12-15-6-9-17-18(11-15)25-13-24-17/h4-9,11H,2-3,10,12-13H2,1H3,(H2,20,21,22). The molecular weight excluding hydrogens is 320 g/mol. The fourth-order valence-corrected chi connectivity index (χ4v) is 2.58. The van der Waals surface area contributed by atoms with E-state index in [0.29, 0.717) is 13.1 Å². The number of rotatable bonds is 7. The topological polar surface area (TPSA) is 68.8 Å². The van der Waals surface area contributed by atoms with Gasteiger partial charge in [0.2, 0.25) is 6.79 Å². The summed E-state index contributed by atoms with van der Waals surface area (Å²) < 4.78 is 15.7. The molecule has 6 heteroatoms. The van der Waals surface area contributed by atoms with E-state index < -0.39 is 0 Å². The molecule has 1 heterocycles. The molecule has 132 valence electrons. The summed E-state index contributed by atoms with van der Waals surface area (Å²) in [6.07, 6.45) is 1.79. The van der Waals surface area contributed by atoms with Crippen molar-refractivity contribution in [1.29, 1.82) is 0 Å². The van der Waals surface area contributed by atoms with Gasteiger partial charge in [-0.05, 0) is 48.2 Å². The Labute approximate surface area is 147 Å². The van der Waals surface area contributed by atoms with Crippen LogP contribution in [-0.4, -0.2) is 26.5 Å². The van der Waals surface area contributed by atoms with Gasteiger partial charge in [-0.1, -0.05) is 18.2 Å². The van der Waals surface area contributed by atoms with Crippen LogP contribution in [0.15, 0.2) is 42.5 Å². The lowest BCUT2D eigenvalue weighted by Crippen LogP contribution is -2.35. The minimum Gasteiger partial charge on any atom is -0.497 e. The molecule has 0 saturated carbocycles. The van der Waals surface area contributed by atoms with Gasteiger partial charge in [-0.25, -0.2) is 4.79 Å². The van der Waals surface area contributed by atoms with Crippen molar-refractivity contribution in [2.45, 2.75) is 19.4 Å². The third-order valence-electron chi connectivity index (χ3n) is 3.98. The van der Waals surface area contributed by atoms with Crippen LogP contribution in [0.25, 0.3) is 0 Å². The summed E-state index contributed by atoms with van der Waals surface area (Å²) in [7, 11) is 1.65. The highest BCUT2D eigenvalue weighted by molar-refractivity contribution is 5.73. The smallest absolute Gasteiger partial charge is 0.315 e. The van der Waals surface area contributed by atoms with E-state index in [-0.39, 0.29) is 12.8 Å². The molecule has 0 atom stereocenters. The summed E-state index contributed by atoms with van der Waals surface area (Å²) in [5, 5.41) is 5.71. The lowest BCUT2D eigenvalue weighted by molar-refractivity contribution is 0.174. The number of methoxy groups -OCH3 is 1. The van der Waals surface area contributed by atoms with Gasteiger partial charge in [0.05, 0.1) is 7.11 Å². The molecule has 0 unspecified atom stereocenters. The van der Waals surface area contributed by atoms with Crippen LogP contribution in [0, 0.1) is 0 Å². The zero-order chi connectivity index (χ0) is 17.5. The molecule has 2 N–H and O–H groups in total. The quantitative estimate of drug-likeness (QED) is 0.759. The van der Waals surface area contributed by atoms with Crippen molar-refractivity contribution in [1.82, 2.24) is 10.6 Å². The Morgan fingerprint density at radius 1 is 1.04 bits per heavy atom. The molecule has 1 aliphatic heterocycles. The lowest BCUT2D eigenvalue weighted by Gasteiger charge is -2.08. The minimum absolute atomic E-state index is 0.174. The van der Waals surface area contributed by atoms with Crippen molar-refractivity contribution in [3.63, 3.8) is 0 Å². The van der Waals surface area contributed by atoms with E-state index in [0.717, 1.165) is 35.7 Å². The molecule has 0 spiro atoms. The second-order valence-electron chi connectivity index (χ2n) is 5.75. The molecule has 6 nitrogen and oxygen atoms in total. The van der Waals surface area contributed by atoms with E-state index in [9.17, 15) is 4.79 Å². The fourth-order valence-electron chi connectivity index (χ4n) is 2.58. The fraction of sp³-hybridized carbons (Fsp3) is 0.316. The molecule has 0 bridgehead atoms. The van der Waals surface area contributed by atoms with E-state index >= 15 is 0 Å². The third-order valence-corrected chi connectivity index (χ3v) is 3.98. The average molecular weight is 342 g/mol. The van der Waals surface area contributed by atoms with Crippen LogP contribution in [0.2, 0.25) is 0 Å². The predicted molar refractivity (Wildman–Crippen MR) is 94.1 cm³/mol. The lowest BCUT2D eigenvalue weighted by atomic mass is 10.1. The number of benzene rings is 2. The van der Waals surface area contributed by atoms with Gasteiger partial charge in [-0.15, -0.1) is 0 Å². The zero-order valence-corrected chi connectivity index (χ0v) is 14.2. The Bertz CT molecular complexity index is 716. The number of hydrogen-bond acceptors (Lipinski definition) is 4. The summed E-state index contributed by atoms with van der Waals surface area (Å²) >= 11 is 0. The molecule has 0 aliphatic carbocycles. The van der Waals surface area contributed by atoms with E-state index in [2.05, 4.69) is 10.6 Å². The van der Waals surface area contributed by atoms with Crippen molar-refractivity contribution in [3.05, 3.63) is 53.6 Å². The van der Waals surface area contributed by atoms with Crippen LogP contribution >= 0.6 is 0 Å². The van der Waals surface area contributed by atoms with Crippen molar-refractivity contribution >= 4 is 6.03 Å².